The van der Waals surface area contributed by atoms with E-state index in [1.807, 2.05) is 0 Å². The molecule has 0 aromatic heterocycles. The number of hydrogen-bond acceptors (Lipinski definition) is 0. The molecule has 0 saturated heterocycles. The van der Waals surface area contributed by atoms with Crippen LogP contribution in [-0.2, 0) is 3.78 Å². The van der Waals surface area contributed by atoms with Crippen molar-refractivity contribution in [3.8, 4) is 0 Å². The minimum atomic E-state index is -0.443. The summed E-state index contributed by atoms with van der Waals surface area (Å²) in [6.45, 7) is 2.23. The number of unbranched alkanes of at least 4 members (excludes halogenated alkanes) is 3. The summed E-state index contributed by atoms with van der Waals surface area (Å²) in [5, 5.41) is 2.49. The molecule has 2 aromatic rings. The van der Waals surface area contributed by atoms with Gasteiger partial charge < -0.3 is 0 Å². The predicted molar refractivity (Wildman–Crippen MR) is 89.2 cm³/mol. The normalized spacial score (nSPS) is 14.5. The van der Waals surface area contributed by atoms with Crippen LogP contribution in [0.15, 0.2) is 42.5 Å². The lowest BCUT2D eigenvalue weighted by molar-refractivity contribution is 0.612. The van der Waals surface area contributed by atoms with Crippen molar-refractivity contribution in [1.82, 2.24) is 0 Å². The van der Waals surface area contributed by atoms with Crippen LogP contribution in [0.1, 0.15) is 44.6 Å². The van der Waals surface area contributed by atoms with Gasteiger partial charge in [0.2, 0.25) is 0 Å². The summed E-state index contributed by atoms with van der Waals surface area (Å²) in [4.78, 5) is 0. The first-order valence-electron chi connectivity index (χ1n) is 7.01. The number of halogens is 2. The van der Waals surface area contributed by atoms with E-state index < -0.39 is 3.78 Å². The largest absolute Gasteiger partial charge is 0.125 e. The van der Waals surface area contributed by atoms with Gasteiger partial charge in [-0.1, -0.05) is 91.0 Å². The van der Waals surface area contributed by atoms with E-state index in [1.54, 1.807) is 0 Å². The number of hydrogen-bond donors (Lipinski definition) is 0. The van der Waals surface area contributed by atoms with E-state index in [1.165, 1.54) is 35.6 Å². The van der Waals surface area contributed by atoms with Gasteiger partial charge in [0.1, 0.15) is 3.78 Å². The Kier molecular flexibility index (Phi) is 5.29. The third kappa shape index (κ3) is 3.73. The fourth-order valence-electron chi connectivity index (χ4n) is 2.45. The smallest absolute Gasteiger partial charge is 0.101 e. The Hall–Kier alpha value is -0.530. The monoisotopic (exact) mass is 338 g/mol. The molecule has 19 heavy (non-hydrogen) atoms. The lowest BCUT2D eigenvalue weighted by Gasteiger charge is -2.22. The third-order valence-corrected chi connectivity index (χ3v) is 4.74. The summed E-state index contributed by atoms with van der Waals surface area (Å²) in [7, 11) is 0. The van der Waals surface area contributed by atoms with Gasteiger partial charge in [-0.05, 0) is 22.8 Å². The van der Waals surface area contributed by atoms with Crippen molar-refractivity contribution in [2.24, 2.45) is 0 Å². The lowest BCUT2D eigenvalue weighted by Crippen LogP contribution is -2.10. The van der Waals surface area contributed by atoms with Gasteiger partial charge >= 0.3 is 0 Å². The highest BCUT2D eigenvalue weighted by Crippen LogP contribution is 2.43. The molecule has 0 nitrogen and oxygen atoms in total. The molecular weight excluding hydrogens is 320 g/mol. The highest BCUT2D eigenvalue weighted by atomic mass is 79.9. The zero-order valence-electron chi connectivity index (χ0n) is 11.3. The number of fused-ring (bicyclic) bond motifs is 1. The molecule has 0 aliphatic carbocycles. The van der Waals surface area contributed by atoms with Crippen LogP contribution < -0.4 is 0 Å². The average Bonchev–Trinajstić information content (AvgIpc) is 2.43. The first-order valence-corrected chi connectivity index (χ1v) is 8.18. The molecule has 1 atom stereocenters. The number of benzene rings is 2. The summed E-state index contributed by atoms with van der Waals surface area (Å²) in [5.74, 6) is 0. The molecule has 0 N–H and O–H groups in total. The summed E-state index contributed by atoms with van der Waals surface area (Å²) in [6.07, 6.45) is 5.91. The summed E-state index contributed by atoms with van der Waals surface area (Å²) < 4.78 is -0.443. The first-order chi connectivity index (χ1) is 9.15. The van der Waals surface area contributed by atoms with Crippen LogP contribution in [0, 0.1) is 0 Å². The molecule has 0 aliphatic heterocycles. The van der Waals surface area contributed by atoms with Crippen LogP contribution in [0.2, 0.25) is 0 Å². The maximum Gasteiger partial charge on any atom is 0.125 e. The molecule has 2 rings (SSSR count). The van der Waals surface area contributed by atoms with Crippen molar-refractivity contribution in [1.29, 1.82) is 0 Å². The minimum Gasteiger partial charge on any atom is -0.101 e. The first kappa shape index (κ1) is 14.9. The lowest BCUT2D eigenvalue weighted by atomic mass is 9.98. The van der Waals surface area contributed by atoms with Gasteiger partial charge in [0.15, 0.2) is 0 Å². The zero-order chi connectivity index (χ0) is 13.7. The van der Waals surface area contributed by atoms with E-state index in [-0.39, 0.29) is 0 Å². The highest BCUT2D eigenvalue weighted by Gasteiger charge is 2.26. The molecule has 0 aliphatic rings. The van der Waals surface area contributed by atoms with Gasteiger partial charge in [0, 0.05) is 0 Å². The second-order valence-corrected chi connectivity index (χ2v) is 7.50. The number of alkyl halides is 2. The Balaban J connectivity index is 2.22. The highest BCUT2D eigenvalue weighted by molar-refractivity contribution is 9.10. The Morgan fingerprint density at radius 1 is 1.00 bits per heavy atom. The van der Waals surface area contributed by atoms with Crippen molar-refractivity contribution in [2.45, 2.75) is 42.8 Å². The molecule has 2 aromatic carbocycles. The predicted octanol–water partition coefficient (Wildman–Crippen LogP) is 6.60. The van der Waals surface area contributed by atoms with E-state index in [2.05, 4.69) is 65.3 Å². The summed E-state index contributed by atoms with van der Waals surface area (Å²) >= 11 is 10.5. The fourth-order valence-corrected chi connectivity index (χ4v) is 3.38. The van der Waals surface area contributed by atoms with Gasteiger partial charge in [-0.25, -0.2) is 0 Å². The van der Waals surface area contributed by atoms with Gasteiger partial charge in [-0.15, -0.1) is 11.6 Å². The zero-order valence-corrected chi connectivity index (χ0v) is 13.7. The van der Waals surface area contributed by atoms with E-state index in [9.17, 15) is 0 Å². The third-order valence-electron chi connectivity index (χ3n) is 3.53. The van der Waals surface area contributed by atoms with E-state index >= 15 is 0 Å². The molecule has 0 amide bonds. The molecule has 0 fully saturated rings. The molecule has 0 radical (unpaired) electrons. The Morgan fingerprint density at radius 3 is 2.53 bits per heavy atom. The molecule has 0 spiro atoms. The molecule has 0 saturated carbocycles. The second kappa shape index (κ2) is 6.76. The molecule has 1 unspecified atom stereocenters. The van der Waals surface area contributed by atoms with Crippen molar-refractivity contribution in [2.75, 3.05) is 0 Å². The molecule has 0 bridgehead atoms. The van der Waals surface area contributed by atoms with E-state index in [0.29, 0.717) is 0 Å². The second-order valence-electron chi connectivity index (χ2n) is 5.04. The van der Waals surface area contributed by atoms with Gasteiger partial charge in [0.05, 0.1) is 0 Å². The van der Waals surface area contributed by atoms with Crippen molar-refractivity contribution < 1.29 is 0 Å². The summed E-state index contributed by atoms with van der Waals surface area (Å²) in [5.41, 5.74) is 1.18. The van der Waals surface area contributed by atoms with Crippen LogP contribution in [0.5, 0.6) is 0 Å². The van der Waals surface area contributed by atoms with Gasteiger partial charge in [0.25, 0.3) is 0 Å². The molecule has 2 heteroatoms. The summed E-state index contributed by atoms with van der Waals surface area (Å²) in [6, 6.07) is 14.8. The number of rotatable bonds is 6. The minimum absolute atomic E-state index is 0.443. The van der Waals surface area contributed by atoms with Crippen LogP contribution in [0.4, 0.5) is 0 Å². The van der Waals surface area contributed by atoms with Crippen LogP contribution in [-0.4, -0.2) is 0 Å². The van der Waals surface area contributed by atoms with Gasteiger partial charge in [-0.2, -0.15) is 0 Å². The van der Waals surface area contributed by atoms with E-state index in [0.717, 1.165) is 12.8 Å². The van der Waals surface area contributed by atoms with E-state index in [4.69, 9.17) is 11.6 Å². The van der Waals surface area contributed by atoms with Gasteiger partial charge in [-0.3, -0.25) is 0 Å². The topological polar surface area (TPSA) is 0 Å². The van der Waals surface area contributed by atoms with Crippen molar-refractivity contribution >= 4 is 38.3 Å². The van der Waals surface area contributed by atoms with Crippen LogP contribution in [0.25, 0.3) is 10.8 Å². The Morgan fingerprint density at radius 2 is 1.74 bits per heavy atom. The van der Waals surface area contributed by atoms with Crippen molar-refractivity contribution in [3.63, 3.8) is 0 Å². The fraction of sp³-hybridized carbons (Fsp3) is 0.412. The van der Waals surface area contributed by atoms with Crippen LogP contribution in [0.3, 0.4) is 0 Å². The maximum atomic E-state index is 6.74. The van der Waals surface area contributed by atoms with Crippen LogP contribution >= 0.6 is 27.5 Å². The SMILES string of the molecule is CCCCCCC(Cl)(Br)c1cccc2ccccc12. The molecular formula is C17H20BrCl. The molecule has 102 valence electrons. The maximum absolute atomic E-state index is 6.74. The van der Waals surface area contributed by atoms with Crippen molar-refractivity contribution in [3.05, 3.63) is 48.0 Å². The average molecular weight is 340 g/mol. The quantitative estimate of drug-likeness (QED) is 0.411. The molecule has 0 heterocycles. The Labute approximate surface area is 129 Å². The standard InChI is InChI=1S/C17H20BrCl/c1-2-3-4-7-13-17(18,19)16-12-8-10-14-9-5-6-11-15(14)16/h5-6,8-12H,2-4,7,13H2,1H3. The Bertz CT molecular complexity index is 528.